The van der Waals surface area contributed by atoms with E-state index in [0.29, 0.717) is 31.6 Å². The lowest BCUT2D eigenvalue weighted by atomic mass is 10.1. The van der Waals surface area contributed by atoms with Crippen LogP contribution in [0.1, 0.15) is 25.7 Å². The Morgan fingerprint density at radius 2 is 2.04 bits per heavy atom. The second-order valence-corrected chi connectivity index (χ2v) is 6.44. The van der Waals surface area contributed by atoms with Crippen molar-refractivity contribution in [2.45, 2.75) is 31.7 Å². The maximum absolute atomic E-state index is 12.3. The van der Waals surface area contributed by atoms with Gasteiger partial charge in [-0.05, 0) is 25.0 Å². The SMILES string of the molecule is NC(=O)C1CC(C(=O)NCCCN2CCCC2=O)=NN1c1ccccc1. The van der Waals surface area contributed by atoms with Crippen LogP contribution >= 0.6 is 0 Å². The fourth-order valence-electron chi connectivity index (χ4n) is 3.20. The summed E-state index contributed by atoms with van der Waals surface area (Å²) >= 11 is 0. The summed E-state index contributed by atoms with van der Waals surface area (Å²) in [5.41, 5.74) is 6.47. The van der Waals surface area contributed by atoms with Crippen LogP contribution in [0.25, 0.3) is 0 Å². The van der Waals surface area contributed by atoms with Gasteiger partial charge in [0.2, 0.25) is 11.8 Å². The molecule has 138 valence electrons. The Bertz CT molecular complexity index is 719. The molecule has 3 rings (SSSR count). The van der Waals surface area contributed by atoms with Gasteiger partial charge in [0.1, 0.15) is 11.8 Å². The van der Waals surface area contributed by atoms with Crippen molar-refractivity contribution < 1.29 is 14.4 Å². The third-order valence-corrected chi connectivity index (χ3v) is 4.58. The van der Waals surface area contributed by atoms with E-state index in [2.05, 4.69) is 10.4 Å². The quantitative estimate of drug-likeness (QED) is 0.681. The van der Waals surface area contributed by atoms with Gasteiger partial charge in [-0.15, -0.1) is 0 Å². The molecule has 0 radical (unpaired) electrons. The Morgan fingerprint density at radius 3 is 2.69 bits per heavy atom. The summed E-state index contributed by atoms with van der Waals surface area (Å²) in [6.45, 7) is 1.89. The number of nitrogens with zero attached hydrogens (tertiary/aromatic N) is 3. The number of anilines is 1. The number of rotatable bonds is 7. The van der Waals surface area contributed by atoms with Crippen molar-refractivity contribution in [2.24, 2.45) is 10.8 Å². The molecule has 0 saturated carbocycles. The average molecular weight is 357 g/mol. The molecule has 0 bridgehead atoms. The van der Waals surface area contributed by atoms with Gasteiger partial charge in [-0.3, -0.25) is 19.4 Å². The van der Waals surface area contributed by atoms with Crippen molar-refractivity contribution in [1.29, 1.82) is 0 Å². The van der Waals surface area contributed by atoms with Crippen molar-refractivity contribution in [3.05, 3.63) is 30.3 Å². The van der Waals surface area contributed by atoms with E-state index in [0.717, 1.165) is 13.0 Å². The molecular weight excluding hydrogens is 334 g/mol. The van der Waals surface area contributed by atoms with E-state index in [1.807, 2.05) is 35.2 Å². The molecular formula is C18H23N5O3. The predicted molar refractivity (Wildman–Crippen MR) is 97.4 cm³/mol. The van der Waals surface area contributed by atoms with E-state index in [4.69, 9.17) is 5.73 Å². The topological polar surface area (TPSA) is 108 Å². The summed E-state index contributed by atoms with van der Waals surface area (Å²) in [6, 6.07) is 8.49. The van der Waals surface area contributed by atoms with Gasteiger partial charge in [0.05, 0.1) is 5.69 Å². The molecule has 1 aromatic carbocycles. The van der Waals surface area contributed by atoms with Crippen LogP contribution in [-0.4, -0.2) is 54.0 Å². The summed E-state index contributed by atoms with van der Waals surface area (Å²) < 4.78 is 0. The van der Waals surface area contributed by atoms with E-state index >= 15 is 0 Å². The lowest BCUT2D eigenvalue weighted by molar-refractivity contribution is -0.127. The maximum Gasteiger partial charge on any atom is 0.267 e. The highest BCUT2D eigenvalue weighted by Gasteiger charge is 2.34. The number of hydrazone groups is 1. The number of primary amides is 1. The minimum atomic E-state index is -0.666. The normalized spacial score (nSPS) is 19.6. The molecule has 8 nitrogen and oxygen atoms in total. The van der Waals surface area contributed by atoms with Crippen LogP contribution in [0.15, 0.2) is 35.4 Å². The van der Waals surface area contributed by atoms with Crippen LogP contribution in [0, 0.1) is 0 Å². The first-order valence-electron chi connectivity index (χ1n) is 8.83. The summed E-state index contributed by atoms with van der Waals surface area (Å²) in [5.74, 6) is -0.644. The van der Waals surface area contributed by atoms with Gasteiger partial charge in [0.25, 0.3) is 5.91 Å². The number of para-hydroxylation sites is 1. The molecule has 8 heteroatoms. The monoisotopic (exact) mass is 357 g/mol. The van der Waals surface area contributed by atoms with Crippen molar-refractivity contribution in [3.8, 4) is 0 Å². The molecule has 2 heterocycles. The number of likely N-dealkylation sites (tertiary alicyclic amines) is 1. The molecule has 0 aromatic heterocycles. The first-order valence-corrected chi connectivity index (χ1v) is 8.83. The summed E-state index contributed by atoms with van der Waals surface area (Å²) in [4.78, 5) is 37.5. The number of carbonyl (C=O) groups is 3. The summed E-state index contributed by atoms with van der Waals surface area (Å²) in [6.07, 6.45) is 2.39. The standard InChI is InChI=1S/C18H23N5O3/c19-17(25)15-12-14(21-23(15)13-6-2-1-3-7-13)18(26)20-9-5-11-22-10-4-8-16(22)24/h1-3,6-7,15H,4-5,8-12H2,(H2,19,25)(H,20,26). The van der Waals surface area contributed by atoms with Crippen molar-refractivity contribution in [2.75, 3.05) is 24.6 Å². The summed E-state index contributed by atoms with van der Waals surface area (Å²) in [5, 5.41) is 8.61. The number of nitrogens with one attached hydrogen (secondary N) is 1. The van der Waals surface area contributed by atoms with E-state index in [1.165, 1.54) is 5.01 Å². The van der Waals surface area contributed by atoms with Gasteiger partial charge in [-0.2, -0.15) is 5.10 Å². The zero-order valence-corrected chi connectivity index (χ0v) is 14.6. The first kappa shape index (κ1) is 17.9. The van der Waals surface area contributed by atoms with Crippen LogP contribution in [-0.2, 0) is 14.4 Å². The first-order chi connectivity index (χ1) is 12.6. The highest BCUT2D eigenvalue weighted by Crippen LogP contribution is 2.24. The largest absolute Gasteiger partial charge is 0.368 e. The van der Waals surface area contributed by atoms with E-state index in [1.54, 1.807) is 0 Å². The fraction of sp³-hybridized carbons (Fsp3) is 0.444. The molecule has 1 unspecified atom stereocenters. The molecule has 1 aromatic rings. The van der Waals surface area contributed by atoms with Crippen molar-refractivity contribution in [3.63, 3.8) is 0 Å². The number of nitrogens with two attached hydrogens (primary N) is 1. The Kier molecular flexibility index (Phi) is 5.50. The lowest BCUT2D eigenvalue weighted by Crippen LogP contribution is -2.40. The van der Waals surface area contributed by atoms with Crippen molar-refractivity contribution in [1.82, 2.24) is 10.2 Å². The highest BCUT2D eigenvalue weighted by atomic mass is 16.2. The number of carbonyl (C=O) groups excluding carboxylic acids is 3. The number of hydrogen-bond acceptors (Lipinski definition) is 5. The molecule has 3 amide bonds. The molecule has 2 aliphatic rings. The van der Waals surface area contributed by atoms with Crippen molar-refractivity contribution >= 4 is 29.1 Å². The number of amides is 3. The maximum atomic E-state index is 12.3. The van der Waals surface area contributed by atoms with Gasteiger partial charge < -0.3 is 16.0 Å². The van der Waals surface area contributed by atoms with Crippen LogP contribution in [0.5, 0.6) is 0 Å². The Morgan fingerprint density at radius 1 is 1.27 bits per heavy atom. The van der Waals surface area contributed by atoms with Gasteiger partial charge >= 0.3 is 0 Å². The molecule has 3 N–H and O–H groups in total. The lowest BCUT2D eigenvalue weighted by Gasteiger charge is -2.20. The van der Waals surface area contributed by atoms with Crippen LogP contribution in [0.2, 0.25) is 0 Å². The van der Waals surface area contributed by atoms with Crippen LogP contribution < -0.4 is 16.1 Å². The second-order valence-electron chi connectivity index (χ2n) is 6.44. The van der Waals surface area contributed by atoms with Gasteiger partial charge in [0, 0.05) is 32.5 Å². The van der Waals surface area contributed by atoms with Gasteiger partial charge in [-0.25, -0.2) is 0 Å². The molecule has 1 atom stereocenters. The minimum absolute atomic E-state index is 0.180. The molecule has 0 aliphatic carbocycles. The fourth-order valence-corrected chi connectivity index (χ4v) is 3.20. The number of hydrogen-bond donors (Lipinski definition) is 2. The Hall–Kier alpha value is -2.90. The summed E-state index contributed by atoms with van der Waals surface area (Å²) in [7, 11) is 0. The predicted octanol–water partition coefficient (Wildman–Crippen LogP) is 0.235. The molecule has 1 saturated heterocycles. The zero-order valence-electron chi connectivity index (χ0n) is 14.6. The third-order valence-electron chi connectivity index (χ3n) is 4.58. The molecule has 1 fully saturated rings. The van der Waals surface area contributed by atoms with Crippen LogP contribution in [0.4, 0.5) is 5.69 Å². The molecule has 0 spiro atoms. The number of benzene rings is 1. The zero-order chi connectivity index (χ0) is 18.5. The van der Waals surface area contributed by atoms with Gasteiger partial charge in [0.15, 0.2) is 0 Å². The average Bonchev–Trinajstić information content (AvgIpc) is 3.26. The second kappa shape index (κ2) is 7.99. The smallest absolute Gasteiger partial charge is 0.267 e. The Labute approximate surface area is 152 Å². The van der Waals surface area contributed by atoms with E-state index < -0.39 is 11.9 Å². The highest BCUT2D eigenvalue weighted by molar-refractivity contribution is 6.40. The third kappa shape index (κ3) is 4.01. The van der Waals surface area contributed by atoms with Crippen LogP contribution in [0.3, 0.4) is 0 Å². The molecule has 26 heavy (non-hydrogen) atoms. The Balaban J connectivity index is 1.55. The molecule has 2 aliphatic heterocycles. The van der Waals surface area contributed by atoms with Gasteiger partial charge in [-0.1, -0.05) is 18.2 Å². The van der Waals surface area contributed by atoms with E-state index in [-0.39, 0.29) is 23.9 Å². The van der Waals surface area contributed by atoms with E-state index in [9.17, 15) is 14.4 Å². The minimum Gasteiger partial charge on any atom is -0.368 e.